The van der Waals surface area contributed by atoms with Crippen molar-refractivity contribution in [1.82, 2.24) is 24.3 Å². The molecule has 33 heavy (non-hydrogen) atoms. The summed E-state index contributed by atoms with van der Waals surface area (Å²) < 4.78 is 8.53. The third kappa shape index (κ3) is 6.54. The molecule has 0 unspecified atom stereocenters. The first-order valence-corrected chi connectivity index (χ1v) is 10.4. The van der Waals surface area contributed by atoms with Gasteiger partial charge in [-0.05, 0) is 11.1 Å². The summed E-state index contributed by atoms with van der Waals surface area (Å²) in [6.45, 7) is 3.00. The number of halogens is 2. The van der Waals surface area contributed by atoms with E-state index < -0.39 is 0 Å². The normalized spacial score (nSPS) is 10.4. The van der Waals surface area contributed by atoms with Crippen LogP contribution in [0.2, 0.25) is 0 Å². The van der Waals surface area contributed by atoms with Crippen molar-refractivity contribution in [3.8, 4) is 0 Å². The molecule has 0 radical (unpaired) electrons. The standard InChI is InChI=1S/C24H25N7.2ClH/c1-3-7-21(8-4-1)15-28-11-13-30(19-28)17-23-25-24(27-26-23)18-31-14-12-29(20-31)16-22-9-5-2-6-10-22;;/h1-14,19-20H,15-18H2,(H,25,26,27);2*1H/q+2;;/p-2. The summed E-state index contributed by atoms with van der Waals surface area (Å²) >= 11 is 0. The predicted octanol–water partition coefficient (Wildman–Crippen LogP) is -3.82. The molecule has 0 spiro atoms. The number of H-pyrrole nitrogens is 1. The van der Waals surface area contributed by atoms with Crippen molar-refractivity contribution in [2.75, 3.05) is 0 Å². The Bertz CT molecular complexity index is 1150. The molecule has 3 heterocycles. The molecule has 1 N–H and O–H groups in total. The Labute approximate surface area is 205 Å². The van der Waals surface area contributed by atoms with Gasteiger partial charge in [0.15, 0.2) is 18.2 Å². The lowest BCUT2D eigenvalue weighted by molar-refractivity contribution is -0.688. The van der Waals surface area contributed by atoms with Crippen molar-refractivity contribution < 1.29 is 33.9 Å². The van der Waals surface area contributed by atoms with E-state index in [2.05, 4.69) is 119 Å². The van der Waals surface area contributed by atoms with Crippen molar-refractivity contribution in [3.05, 3.63) is 121 Å². The molecule has 5 rings (SSSR count). The van der Waals surface area contributed by atoms with E-state index in [-0.39, 0.29) is 24.8 Å². The second-order valence-electron chi connectivity index (χ2n) is 7.69. The third-order valence-electron chi connectivity index (χ3n) is 5.14. The minimum atomic E-state index is 0. The summed E-state index contributed by atoms with van der Waals surface area (Å²) in [5.41, 5.74) is 2.56. The quantitative estimate of drug-likeness (QED) is 0.231. The van der Waals surface area contributed by atoms with Crippen molar-refractivity contribution in [1.29, 1.82) is 0 Å². The molecule has 170 valence electrons. The number of benzene rings is 2. The van der Waals surface area contributed by atoms with Crippen LogP contribution in [0.4, 0.5) is 0 Å². The minimum absolute atomic E-state index is 0. The Morgan fingerprint density at radius 3 is 1.76 bits per heavy atom. The van der Waals surface area contributed by atoms with Crippen LogP contribution in [0.5, 0.6) is 0 Å². The second kappa shape index (κ2) is 11.4. The van der Waals surface area contributed by atoms with E-state index in [0.717, 1.165) is 24.7 Å². The Morgan fingerprint density at radius 1 is 0.697 bits per heavy atom. The number of hydrogen-bond donors (Lipinski definition) is 1. The summed E-state index contributed by atoms with van der Waals surface area (Å²) in [6, 6.07) is 20.9. The fraction of sp³-hybridized carbons (Fsp3) is 0.167. The van der Waals surface area contributed by atoms with Gasteiger partial charge in [0.1, 0.15) is 44.4 Å². The van der Waals surface area contributed by atoms with Gasteiger partial charge in [-0.3, -0.25) is 5.10 Å². The van der Waals surface area contributed by atoms with Crippen molar-refractivity contribution in [2.24, 2.45) is 0 Å². The molecule has 3 aromatic heterocycles. The molecule has 0 amide bonds. The molecule has 0 aliphatic carbocycles. The molecule has 0 aliphatic heterocycles. The summed E-state index contributed by atoms with van der Waals surface area (Å²) in [4.78, 5) is 4.66. The van der Waals surface area contributed by atoms with Crippen LogP contribution in [0.15, 0.2) is 98.1 Å². The maximum Gasteiger partial charge on any atom is 0.244 e. The predicted molar refractivity (Wildman–Crippen MR) is 115 cm³/mol. The van der Waals surface area contributed by atoms with Gasteiger partial charge in [0.25, 0.3) is 0 Å². The molecule has 7 nitrogen and oxygen atoms in total. The van der Waals surface area contributed by atoms with Crippen molar-refractivity contribution in [2.45, 2.75) is 26.2 Å². The SMILES string of the molecule is [Cl-].[Cl-].c1ccc(C[n+]2ccn(Cc3n[nH]c(Cn4cc[n+](Cc5ccccc5)c4)n3)c2)cc1. The lowest BCUT2D eigenvalue weighted by Crippen LogP contribution is -3.00. The molecular formula is C24H25Cl2N7. The van der Waals surface area contributed by atoms with Crippen LogP contribution in [-0.4, -0.2) is 24.3 Å². The summed E-state index contributed by atoms with van der Waals surface area (Å²) in [7, 11) is 0. The van der Waals surface area contributed by atoms with Gasteiger partial charge in [0.2, 0.25) is 12.7 Å². The first-order chi connectivity index (χ1) is 15.3. The van der Waals surface area contributed by atoms with Crippen LogP contribution in [0, 0.1) is 0 Å². The number of hydrogen-bond acceptors (Lipinski definition) is 2. The fourth-order valence-corrected chi connectivity index (χ4v) is 3.65. The van der Waals surface area contributed by atoms with Gasteiger partial charge in [-0.2, -0.15) is 5.10 Å². The van der Waals surface area contributed by atoms with Crippen LogP contribution in [0.3, 0.4) is 0 Å². The number of rotatable bonds is 8. The van der Waals surface area contributed by atoms with Gasteiger partial charge >= 0.3 is 0 Å². The zero-order valence-corrected chi connectivity index (χ0v) is 19.5. The van der Waals surface area contributed by atoms with Gasteiger partial charge < -0.3 is 24.8 Å². The molecule has 0 saturated heterocycles. The largest absolute Gasteiger partial charge is 1.00 e. The number of imidazole rings is 2. The van der Waals surface area contributed by atoms with Gasteiger partial charge in [-0.1, -0.05) is 60.7 Å². The number of nitrogens with one attached hydrogen (secondary N) is 1. The third-order valence-corrected chi connectivity index (χ3v) is 5.14. The Morgan fingerprint density at radius 2 is 1.21 bits per heavy atom. The molecule has 9 heteroatoms. The van der Waals surface area contributed by atoms with E-state index in [4.69, 9.17) is 0 Å². The first-order valence-electron chi connectivity index (χ1n) is 10.4. The Kier molecular flexibility index (Phi) is 8.40. The lowest BCUT2D eigenvalue weighted by Gasteiger charge is -1.96. The smallest absolute Gasteiger partial charge is 0.244 e. The maximum atomic E-state index is 4.66. The van der Waals surface area contributed by atoms with Gasteiger partial charge in [0, 0.05) is 0 Å². The van der Waals surface area contributed by atoms with Crippen molar-refractivity contribution >= 4 is 0 Å². The highest BCUT2D eigenvalue weighted by Crippen LogP contribution is 2.02. The highest BCUT2D eigenvalue weighted by molar-refractivity contribution is 5.13. The Hall–Kier alpha value is -3.42. The van der Waals surface area contributed by atoms with E-state index in [0.29, 0.717) is 13.1 Å². The van der Waals surface area contributed by atoms with Crippen LogP contribution in [0.25, 0.3) is 0 Å². The van der Waals surface area contributed by atoms with Gasteiger partial charge in [-0.15, -0.1) is 0 Å². The topological polar surface area (TPSA) is 59.2 Å². The molecule has 0 aliphatic rings. The number of aromatic amines is 1. The molecule has 0 atom stereocenters. The Balaban J connectivity index is 0.00000153. The second-order valence-corrected chi connectivity index (χ2v) is 7.69. The average Bonchev–Trinajstić information content (AvgIpc) is 3.53. The summed E-state index contributed by atoms with van der Waals surface area (Å²) in [5, 5.41) is 7.46. The van der Waals surface area contributed by atoms with E-state index >= 15 is 0 Å². The summed E-state index contributed by atoms with van der Waals surface area (Å²) in [6.07, 6.45) is 12.4. The van der Waals surface area contributed by atoms with Crippen LogP contribution < -0.4 is 33.9 Å². The minimum Gasteiger partial charge on any atom is -1.00 e. The number of aromatic nitrogens is 7. The first kappa shape index (κ1) is 24.2. The van der Waals surface area contributed by atoms with Gasteiger partial charge in [-0.25, -0.2) is 23.3 Å². The number of nitrogens with zero attached hydrogens (tertiary/aromatic N) is 6. The maximum absolute atomic E-state index is 4.66. The molecule has 5 aromatic rings. The molecule has 2 aromatic carbocycles. The van der Waals surface area contributed by atoms with Crippen LogP contribution in [0.1, 0.15) is 22.8 Å². The molecular weight excluding hydrogens is 457 g/mol. The van der Waals surface area contributed by atoms with Crippen LogP contribution in [-0.2, 0) is 26.2 Å². The fourth-order valence-electron chi connectivity index (χ4n) is 3.65. The van der Waals surface area contributed by atoms with E-state index in [1.165, 1.54) is 11.1 Å². The van der Waals surface area contributed by atoms with Crippen molar-refractivity contribution in [3.63, 3.8) is 0 Å². The van der Waals surface area contributed by atoms with Gasteiger partial charge in [0.05, 0.1) is 0 Å². The molecule has 0 bridgehead atoms. The van der Waals surface area contributed by atoms with E-state index in [1.54, 1.807) is 0 Å². The highest BCUT2D eigenvalue weighted by Gasteiger charge is 2.12. The van der Waals surface area contributed by atoms with Crippen LogP contribution >= 0.6 is 0 Å². The molecule has 0 fully saturated rings. The zero-order chi connectivity index (χ0) is 20.9. The van der Waals surface area contributed by atoms with E-state index in [9.17, 15) is 0 Å². The summed E-state index contributed by atoms with van der Waals surface area (Å²) in [5.74, 6) is 1.63. The zero-order valence-electron chi connectivity index (χ0n) is 18.0. The average molecular weight is 482 g/mol. The lowest BCUT2D eigenvalue weighted by atomic mass is 10.2. The monoisotopic (exact) mass is 481 g/mol. The highest BCUT2D eigenvalue weighted by atomic mass is 35.5. The molecule has 0 saturated carbocycles. The van der Waals surface area contributed by atoms with E-state index in [1.807, 2.05) is 12.1 Å².